The van der Waals surface area contributed by atoms with Crippen molar-refractivity contribution in [2.24, 2.45) is 0 Å². The van der Waals surface area contributed by atoms with E-state index >= 15 is 0 Å². The molecular weight excluding hydrogens is 190 g/mol. The summed E-state index contributed by atoms with van der Waals surface area (Å²) in [6.07, 6.45) is 0. The summed E-state index contributed by atoms with van der Waals surface area (Å²) in [5.74, 6) is 0. The van der Waals surface area contributed by atoms with Gasteiger partial charge in [-0.3, -0.25) is 0 Å². The number of nitrogens with zero attached hydrogens (tertiary/aromatic N) is 1. The third kappa shape index (κ3) is 2.40. The zero-order chi connectivity index (χ0) is 11.6. The molecule has 0 unspecified atom stereocenters. The van der Waals surface area contributed by atoms with Gasteiger partial charge in [0.25, 0.3) is 0 Å². The van der Waals surface area contributed by atoms with Crippen molar-refractivity contribution in [2.45, 2.75) is 13.8 Å². The van der Waals surface area contributed by atoms with E-state index in [9.17, 15) is 4.79 Å². The van der Waals surface area contributed by atoms with E-state index in [0.29, 0.717) is 11.4 Å². The summed E-state index contributed by atoms with van der Waals surface area (Å²) in [6.45, 7) is 3.93. The number of carbonyl (C=O) groups excluding carboxylic acids is 1. The quantitative estimate of drug-likeness (QED) is 0.692. The van der Waals surface area contributed by atoms with Crippen LogP contribution in [0.5, 0.6) is 0 Å². The first-order chi connectivity index (χ1) is 6.93. The molecule has 0 bridgehead atoms. The monoisotopic (exact) mass is 207 g/mol. The summed E-state index contributed by atoms with van der Waals surface area (Å²) in [6, 6.07) is 3.57. The SMILES string of the molecule is Cc1ccc(N)c(NC(=O)N(C)C)c1C. The highest BCUT2D eigenvalue weighted by Crippen LogP contribution is 2.25. The molecule has 4 heteroatoms. The van der Waals surface area contributed by atoms with Gasteiger partial charge in [0.1, 0.15) is 0 Å². The first kappa shape index (κ1) is 11.4. The normalized spacial score (nSPS) is 9.87. The number of urea groups is 1. The van der Waals surface area contributed by atoms with Gasteiger partial charge in [-0.25, -0.2) is 4.79 Å². The molecule has 0 aliphatic rings. The van der Waals surface area contributed by atoms with Crippen molar-refractivity contribution in [3.63, 3.8) is 0 Å². The number of rotatable bonds is 1. The maximum Gasteiger partial charge on any atom is 0.321 e. The molecule has 0 aromatic heterocycles. The van der Waals surface area contributed by atoms with Gasteiger partial charge in [0.05, 0.1) is 11.4 Å². The molecule has 3 N–H and O–H groups in total. The minimum absolute atomic E-state index is 0.171. The van der Waals surface area contributed by atoms with Crippen LogP contribution in [0, 0.1) is 13.8 Å². The maximum absolute atomic E-state index is 11.5. The van der Waals surface area contributed by atoms with Crippen LogP contribution in [0.15, 0.2) is 12.1 Å². The van der Waals surface area contributed by atoms with Crippen LogP contribution in [0.1, 0.15) is 11.1 Å². The van der Waals surface area contributed by atoms with Gasteiger partial charge in [0.2, 0.25) is 0 Å². The van der Waals surface area contributed by atoms with E-state index in [4.69, 9.17) is 5.73 Å². The van der Waals surface area contributed by atoms with Crippen molar-refractivity contribution in [3.05, 3.63) is 23.3 Å². The maximum atomic E-state index is 11.5. The van der Waals surface area contributed by atoms with Crippen LogP contribution in [-0.4, -0.2) is 25.0 Å². The molecule has 0 aliphatic carbocycles. The lowest BCUT2D eigenvalue weighted by atomic mass is 10.1. The van der Waals surface area contributed by atoms with Gasteiger partial charge >= 0.3 is 6.03 Å². The highest BCUT2D eigenvalue weighted by atomic mass is 16.2. The Bertz CT molecular complexity index is 386. The summed E-state index contributed by atoms with van der Waals surface area (Å²) in [5, 5.41) is 2.78. The second kappa shape index (κ2) is 4.21. The molecule has 0 spiro atoms. The molecule has 4 nitrogen and oxygen atoms in total. The van der Waals surface area contributed by atoms with E-state index in [1.54, 1.807) is 20.2 Å². The van der Waals surface area contributed by atoms with Gasteiger partial charge in [-0.1, -0.05) is 6.07 Å². The van der Waals surface area contributed by atoms with E-state index in [-0.39, 0.29) is 6.03 Å². The Labute approximate surface area is 90.1 Å². The molecule has 0 fully saturated rings. The van der Waals surface area contributed by atoms with Crippen LogP contribution in [0.2, 0.25) is 0 Å². The van der Waals surface area contributed by atoms with Crippen molar-refractivity contribution in [3.8, 4) is 0 Å². The first-order valence-electron chi connectivity index (χ1n) is 4.77. The number of aryl methyl sites for hydroxylation is 1. The summed E-state index contributed by atoms with van der Waals surface area (Å²) in [5.41, 5.74) is 9.21. The molecule has 1 aromatic rings. The van der Waals surface area contributed by atoms with Gasteiger partial charge < -0.3 is 16.0 Å². The minimum atomic E-state index is -0.171. The third-order valence-electron chi connectivity index (χ3n) is 2.41. The molecular formula is C11H17N3O. The van der Waals surface area contributed by atoms with E-state index in [2.05, 4.69) is 5.32 Å². The van der Waals surface area contributed by atoms with Gasteiger partial charge in [0, 0.05) is 14.1 Å². The van der Waals surface area contributed by atoms with E-state index in [1.165, 1.54) is 4.90 Å². The summed E-state index contributed by atoms with van der Waals surface area (Å²) < 4.78 is 0. The zero-order valence-corrected chi connectivity index (χ0v) is 9.59. The molecule has 1 aromatic carbocycles. The van der Waals surface area contributed by atoms with Crippen LogP contribution in [0.4, 0.5) is 16.2 Å². The third-order valence-corrected chi connectivity index (χ3v) is 2.41. The van der Waals surface area contributed by atoms with E-state index < -0.39 is 0 Å². The molecule has 0 aliphatic heterocycles. The molecule has 0 atom stereocenters. The van der Waals surface area contributed by atoms with Gasteiger partial charge in [-0.15, -0.1) is 0 Å². The van der Waals surface area contributed by atoms with E-state index in [1.807, 2.05) is 19.9 Å². The number of hydrogen-bond acceptors (Lipinski definition) is 2. The predicted molar refractivity (Wildman–Crippen MR) is 63.0 cm³/mol. The van der Waals surface area contributed by atoms with Crippen molar-refractivity contribution < 1.29 is 4.79 Å². The number of anilines is 2. The lowest BCUT2D eigenvalue weighted by Crippen LogP contribution is -2.28. The highest BCUT2D eigenvalue weighted by molar-refractivity contribution is 5.93. The van der Waals surface area contributed by atoms with Gasteiger partial charge in [0.15, 0.2) is 0 Å². The largest absolute Gasteiger partial charge is 0.397 e. The number of amides is 2. The summed E-state index contributed by atoms with van der Waals surface area (Å²) in [4.78, 5) is 13.0. The Balaban J connectivity index is 3.04. The zero-order valence-electron chi connectivity index (χ0n) is 9.59. The van der Waals surface area contributed by atoms with Crippen LogP contribution in [0.3, 0.4) is 0 Å². The van der Waals surface area contributed by atoms with Crippen LogP contribution in [0.25, 0.3) is 0 Å². The summed E-state index contributed by atoms with van der Waals surface area (Å²) in [7, 11) is 3.38. The molecule has 0 saturated heterocycles. The lowest BCUT2D eigenvalue weighted by Gasteiger charge is -2.16. The lowest BCUT2D eigenvalue weighted by molar-refractivity contribution is 0.230. The number of nitrogens with two attached hydrogens (primary N) is 1. The Hall–Kier alpha value is -1.71. The molecule has 0 heterocycles. The Kier molecular flexibility index (Phi) is 3.19. The smallest absolute Gasteiger partial charge is 0.321 e. The fourth-order valence-corrected chi connectivity index (χ4v) is 1.22. The molecule has 0 radical (unpaired) electrons. The van der Waals surface area contributed by atoms with Crippen molar-refractivity contribution >= 4 is 17.4 Å². The first-order valence-corrected chi connectivity index (χ1v) is 4.77. The molecule has 82 valence electrons. The van der Waals surface area contributed by atoms with Crippen molar-refractivity contribution in [2.75, 3.05) is 25.1 Å². The molecule has 1 rings (SSSR count). The van der Waals surface area contributed by atoms with E-state index in [0.717, 1.165) is 11.1 Å². The number of nitrogens with one attached hydrogen (secondary N) is 1. The van der Waals surface area contributed by atoms with Gasteiger partial charge in [-0.2, -0.15) is 0 Å². The number of nitrogen functional groups attached to an aromatic ring is 1. The predicted octanol–water partition coefficient (Wildman–Crippen LogP) is 1.98. The second-order valence-corrected chi connectivity index (χ2v) is 3.80. The topological polar surface area (TPSA) is 58.4 Å². The number of hydrogen-bond donors (Lipinski definition) is 2. The molecule has 0 saturated carbocycles. The van der Waals surface area contributed by atoms with Crippen molar-refractivity contribution in [1.82, 2.24) is 4.90 Å². The number of benzene rings is 1. The van der Waals surface area contributed by atoms with Crippen LogP contribution < -0.4 is 11.1 Å². The average Bonchev–Trinajstić information content (AvgIpc) is 2.18. The fraction of sp³-hybridized carbons (Fsp3) is 0.364. The summed E-state index contributed by atoms with van der Waals surface area (Å²) >= 11 is 0. The fourth-order valence-electron chi connectivity index (χ4n) is 1.22. The number of carbonyl (C=O) groups is 1. The minimum Gasteiger partial charge on any atom is -0.397 e. The highest BCUT2D eigenvalue weighted by Gasteiger charge is 2.10. The van der Waals surface area contributed by atoms with Crippen LogP contribution >= 0.6 is 0 Å². The Morgan fingerprint density at radius 2 is 1.93 bits per heavy atom. The van der Waals surface area contributed by atoms with Crippen molar-refractivity contribution in [1.29, 1.82) is 0 Å². The second-order valence-electron chi connectivity index (χ2n) is 3.80. The Morgan fingerprint density at radius 1 is 1.33 bits per heavy atom. The molecule has 2 amide bonds. The standard InChI is InChI=1S/C11H17N3O/c1-7-5-6-9(12)10(8(7)2)13-11(15)14(3)4/h5-6H,12H2,1-4H3,(H,13,15). The Morgan fingerprint density at radius 3 is 2.47 bits per heavy atom. The van der Waals surface area contributed by atoms with Crippen LogP contribution in [-0.2, 0) is 0 Å². The molecule has 15 heavy (non-hydrogen) atoms. The average molecular weight is 207 g/mol. The van der Waals surface area contributed by atoms with Gasteiger partial charge in [-0.05, 0) is 31.0 Å².